The van der Waals surface area contributed by atoms with Gasteiger partial charge in [-0.3, -0.25) is 19.2 Å². The summed E-state index contributed by atoms with van der Waals surface area (Å²) in [6.07, 6.45) is 16.8. The van der Waals surface area contributed by atoms with E-state index in [0.717, 1.165) is 57.8 Å². The van der Waals surface area contributed by atoms with E-state index >= 15 is 0 Å². The van der Waals surface area contributed by atoms with Gasteiger partial charge in [0.25, 0.3) is 5.91 Å². The molecule has 0 aromatic heterocycles. The number of fused-ring (bicyclic) bond motifs is 1. The molecule has 1 saturated heterocycles. The van der Waals surface area contributed by atoms with Crippen molar-refractivity contribution in [3.8, 4) is 12.3 Å². The maximum atomic E-state index is 14.6. The van der Waals surface area contributed by atoms with Crippen LogP contribution in [0, 0.1) is 35.5 Å². The van der Waals surface area contributed by atoms with E-state index in [4.69, 9.17) is 6.42 Å². The lowest BCUT2D eigenvalue weighted by molar-refractivity contribution is -0.144. The molecule has 3 aliphatic carbocycles. The Morgan fingerprint density at radius 1 is 0.926 bits per heavy atom. The van der Waals surface area contributed by atoms with Crippen molar-refractivity contribution in [2.45, 2.75) is 173 Å². The number of terminal acetylenes is 1. The highest BCUT2D eigenvalue weighted by Crippen LogP contribution is 2.65. The molecule has 0 radical (unpaired) electrons. The van der Waals surface area contributed by atoms with Crippen molar-refractivity contribution < 1.29 is 32.4 Å². The largest absolute Gasteiger partial charge is 0.349 e. The highest BCUT2D eigenvalue weighted by molar-refractivity contribution is 7.92. The van der Waals surface area contributed by atoms with Crippen LogP contribution in [0.2, 0.25) is 0 Å². The van der Waals surface area contributed by atoms with Crippen molar-refractivity contribution in [3.05, 3.63) is 0 Å². The van der Waals surface area contributed by atoms with Crippen LogP contribution in [-0.4, -0.2) is 90.1 Å². The Morgan fingerprint density at radius 3 is 2.20 bits per heavy atom. The van der Waals surface area contributed by atoms with E-state index in [9.17, 15) is 32.4 Å². The zero-order valence-corrected chi connectivity index (χ0v) is 34.5. The number of rotatable bonds is 21. The molecule has 5 amide bonds. The molecule has 4 N–H and O–H groups in total. The second-order valence-electron chi connectivity index (χ2n) is 17.8. The number of carbonyl (C=O) groups is 5. The van der Waals surface area contributed by atoms with Gasteiger partial charge in [-0.2, -0.15) is 0 Å². The molecule has 54 heavy (non-hydrogen) atoms. The standard InChI is InChI=1S/C41H67N5O7S/c1-8-11-13-14-16-20-31(44-38(51)45-41(23-17-15-18-24-41)27-54(52,53)39(4,5)10-3)37(50)46-26-29-32(40(29,6)7)33(46)35(48)43-30(19-12-9-2)34(47)36(49)42-25-28-21-22-28/h2,28-33H,8,10-27H2,1,3-7H3,(H,42,49)(H,43,48)(H2,44,45,51)/t29-,30?,31?,32-,33-/m0/s1. The van der Waals surface area contributed by atoms with Gasteiger partial charge in [-0.15, -0.1) is 12.3 Å². The highest BCUT2D eigenvalue weighted by Gasteiger charge is 2.69. The SMILES string of the molecule is C#CCCC(NC(=O)[C@@H]1[C@@H]2[C@H](CN1C(=O)C(CCCCCCC)NC(=O)NC1(CS(=O)(=O)C(C)(C)CC)CCCCC1)C2(C)C)C(=O)C(=O)NCC1CC1. The number of ketones is 1. The second-order valence-corrected chi connectivity index (χ2v) is 20.4. The lowest BCUT2D eigenvalue weighted by atomic mass is 9.83. The topological polar surface area (TPSA) is 171 Å². The average molecular weight is 774 g/mol. The Labute approximate surface area is 324 Å². The number of nitrogens with one attached hydrogen (secondary N) is 4. The minimum atomic E-state index is -3.58. The number of carbonyl (C=O) groups excluding carboxylic acids is 5. The van der Waals surface area contributed by atoms with Gasteiger partial charge >= 0.3 is 6.03 Å². The third-order valence-corrected chi connectivity index (χ3v) is 15.9. The number of urea groups is 1. The summed E-state index contributed by atoms with van der Waals surface area (Å²) in [5.74, 6) is 0.177. The fraction of sp³-hybridized carbons (Fsp3) is 0.829. The molecular formula is C41H67N5O7S. The van der Waals surface area contributed by atoms with Crippen LogP contribution >= 0.6 is 0 Å². The number of hydrogen-bond acceptors (Lipinski definition) is 7. The van der Waals surface area contributed by atoms with Crippen LogP contribution in [0.1, 0.15) is 144 Å². The molecule has 4 rings (SSSR count). The Morgan fingerprint density at radius 2 is 1.59 bits per heavy atom. The molecule has 13 heteroatoms. The second kappa shape index (κ2) is 18.2. The molecule has 5 atom stereocenters. The first-order valence-corrected chi connectivity index (χ1v) is 22.3. The fourth-order valence-corrected chi connectivity index (χ4v) is 10.4. The van der Waals surface area contributed by atoms with Crippen molar-refractivity contribution in [1.82, 2.24) is 26.2 Å². The number of unbranched alkanes of at least 4 members (excludes halogenated alkanes) is 4. The van der Waals surface area contributed by atoms with Crippen LogP contribution in [0.15, 0.2) is 0 Å². The summed E-state index contributed by atoms with van der Waals surface area (Å²) in [5, 5.41) is 11.5. The predicted octanol–water partition coefficient (Wildman–Crippen LogP) is 4.80. The van der Waals surface area contributed by atoms with Gasteiger partial charge < -0.3 is 26.2 Å². The first-order chi connectivity index (χ1) is 25.4. The molecule has 1 heterocycles. The summed E-state index contributed by atoms with van der Waals surface area (Å²) in [4.78, 5) is 70.3. The Hall–Kier alpha value is -3.14. The van der Waals surface area contributed by atoms with Crippen LogP contribution in [0.3, 0.4) is 0 Å². The number of hydrogen-bond donors (Lipinski definition) is 4. The van der Waals surface area contributed by atoms with E-state index in [-0.39, 0.29) is 41.8 Å². The van der Waals surface area contributed by atoms with E-state index in [0.29, 0.717) is 51.1 Å². The number of likely N-dealkylation sites (tertiary alicyclic amines) is 1. The molecule has 0 aromatic rings. The van der Waals surface area contributed by atoms with E-state index in [1.54, 1.807) is 18.7 Å². The molecule has 0 aromatic carbocycles. The van der Waals surface area contributed by atoms with Gasteiger partial charge in [0, 0.05) is 19.5 Å². The quantitative estimate of drug-likeness (QED) is 0.0738. The lowest BCUT2D eigenvalue weighted by Crippen LogP contribution is -2.62. The fourth-order valence-electron chi connectivity index (χ4n) is 8.53. The summed E-state index contributed by atoms with van der Waals surface area (Å²) >= 11 is 0. The van der Waals surface area contributed by atoms with Crippen molar-refractivity contribution in [3.63, 3.8) is 0 Å². The Bertz CT molecular complexity index is 1530. The maximum Gasteiger partial charge on any atom is 0.315 e. The maximum absolute atomic E-state index is 14.6. The summed E-state index contributed by atoms with van der Waals surface area (Å²) in [6.45, 7) is 12.3. The molecule has 4 fully saturated rings. The summed E-state index contributed by atoms with van der Waals surface area (Å²) < 4.78 is 26.3. The number of nitrogens with zero attached hydrogens (tertiary/aromatic N) is 1. The molecule has 2 unspecified atom stereocenters. The zero-order valence-electron chi connectivity index (χ0n) is 33.7. The number of amides is 5. The molecular weight excluding hydrogens is 707 g/mol. The molecule has 12 nitrogen and oxygen atoms in total. The summed E-state index contributed by atoms with van der Waals surface area (Å²) in [6, 6.07) is -3.56. The van der Waals surface area contributed by atoms with Crippen LogP contribution < -0.4 is 21.3 Å². The van der Waals surface area contributed by atoms with Crippen LogP contribution in [0.5, 0.6) is 0 Å². The number of sulfone groups is 1. The van der Waals surface area contributed by atoms with Crippen molar-refractivity contribution >= 4 is 39.4 Å². The first kappa shape index (κ1) is 43.6. The minimum Gasteiger partial charge on any atom is -0.349 e. The lowest BCUT2D eigenvalue weighted by Gasteiger charge is -2.40. The third-order valence-electron chi connectivity index (χ3n) is 13.0. The summed E-state index contributed by atoms with van der Waals surface area (Å²) in [7, 11) is -3.58. The van der Waals surface area contributed by atoms with E-state index in [1.165, 1.54) is 0 Å². The van der Waals surface area contributed by atoms with Crippen LogP contribution in [0.25, 0.3) is 0 Å². The van der Waals surface area contributed by atoms with E-state index in [1.807, 2.05) is 6.92 Å². The van der Waals surface area contributed by atoms with Gasteiger partial charge in [0.2, 0.25) is 17.6 Å². The zero-order chi connectivity index (χ0) is 39.9. The Balaban J connectivity index is 1.54. The van der Waals surface area contributed by atoms with Gasteiger partial charge in [0.1, 0.15) is 12.1 Å². The molecule has 0 bridgehead atoms. The minimum absolute atomic E-state index is 0.0514. The van der Waals surface area contributed by atoms with Crippen LogP contribution in [0.4, 0.5) is 4.79 Å². The average Bonchev–Trinajstić information content (AvgIpc) is 3.99. The molecule has 3 saturated carbocycles. The smallest absolute Gasteiger partial charge is 0.315 e. The summed E-state index contributed by atoms with van der Waals surface area (Å²) in [5.41, 5.74) is -1.17. The molecule has 1 aliphatic heterocycles. The molecule has 0 spiro atoms. The van der Waals surface area contributed by atoms with Gasteiger partial charge in [0.05, 0.1) is 22.1 Å². The monoisotopic (exact) mass is 773 g/mol. The van der Waals surface area contributed by atoms with Crippen molar-refractivity contribution in [2.75, 3.05) is 18.8 Å². The van der Waals surface area contributed by atoms with Gasteiger partial charge in [-0.25, -0.2) is 13.2 Å². The van der Waals surface area contributed by atoms with Crippen LogP contribution in [-0.2, 0) is 29.0 Å². The normalized spacial score (nSPS) is 23.9. The first-order valence-electron chi connectivity index (χ1n) is 20.6. The highest BCUT2D eigenvalue weighted by atomic mass is 32.2. The van der Waals surface area contributed by atoms with Crippen molar-refractivity contribution in [1.29, 1.82) is 0 Å². The van der Waals surface area contributed by atoms with E-state index in [2.05, 4.69) is 48.0 Å². The Kier molecular flexibility index (Phi) is 14.7. The molecule has 4 aliphatic rings. The van der Waals surface area contributed by atoms with Gasteiger partial charge in [0.15, 0.2) is 9.84 Å². The number of Topliss-reactive ketones (excluding diaryl/α,β-unsaturated/α-hetero) is 1. The van der Waals surface area contributed by atoms with E-state index < -0.39 is 61.9 Å². The number of piperidine rings is 1. The van der Waals surface area contributed by atoms with Gasteiger partial charge in [-0.1, -0.05) is 79.1 Å². The molecule has 304 valence electrons. The predicted molar refractivity (Wildman–Crippen MR) is 210 cm³/mol. The van der Waals surface area contributed by atoms with Crippen molar-refractivity contribution in [2.24, 2.45) is 23.2 Å². The third kappa shape index (κ3) is 10.6. The van der Waals surface area contributed by atoms with Gasteiger partial charge in [-0.05, 0) is 82.0 Å².